The van der Waals surface area contributed by atoms with E-state index in [0.717, 1.165) is 27.5 Å². The van der Waals surface area contributed by atoms with Gasteiger partial charge in [0.1, 0.15) is 5.75 Å². The Morgan fingerprint density at radius 1 is 1.06 bits per heavy atom. The fourth-order valence-electron chi connectivity index (χ4n) is 3.45. The van der Waals surface area contributed by atoms with Gasteiger partial charge < -0.3 is 9.47 Å². The Morgan fingerprint density at radius 3 is 2.52 bits per heavy atom. The van der Waals surface area contributed by atoms with Crippen LogP contribution in [-0.2, 0) is 20.7 Å². The van der Waals surface area contributed by atoms with E-state index < -0.39 is 5.97 Å². The van der Waals surface area contributed by atoms with Gasteiger partial charge in [-0.15, -0.1) is 11.3 Å². The van der Waals surface area contributed by atoms with Crippen molar-refractivity contribution in [2.45, 2.75) is 18.9 Å². The van der Waals surface area contributed by atoms with E-state index in [9.17, 15) is 9.59 Å². The molecule has 0 fully saturated rings. The van der Waals surface area contributed by atoms with Gasteiger partial charge in [0.2, 0.25) is 0 Å². The van der Waals surface area contributed by atoms with E-state index in [0.29, 0.717) is 6.42 Å². The van der Waals surface area contributed by atoms with E-state index >= 15 is 0 Å². The maximum Gasteiger partial charge on any atom is 0.311 e. The summed E-state index contributed by atoms with van der Waals surface area (Å²) in [7, 11) is 1.61. The van der Waals surface area contributed by atoms with Crippen molar-refractivity contribution >= 4 is 28.9 Å². The van der Waals surface area contributed by atoms with E-state index in [1.165, 1.54) is 16.3 Å². The normalized spacial score (nSPS) is 15.5. The monoisotopic (exact) mass is 434 g/mol. The van der Waals surface area contributed by atoms with Crippen molar-refractivity contribution in [3.05, 3.63) is 88.1 Å². The van der Waals surface area contributed by atoms with Gasteiger partial charge in [-0.1, -0.05) is 48.5 Å². The first-order valence-electron chi connectivity index (χ1n) is 9.91. The van der Waals surface area contributed by atoms with E-state index in [-0.39, 0.29) is 25.0 Å². The number of nitrogens with zero attached hydrogens (tertiary/aromatic N) is 2. The van der Waals surface area contributed by atoms with Gasteiger partial charge in [0.05, 0.1) is 25.3 Å². The number of hydrogen-bond acceptors (Lipinski definition) is 6. The van der Waals surface area contributed by atoms with Gasteiger partial charge in [0.15, 0.2) is 6.61 Å². The summed E-state index contributed by atoms with van der Waals surface area (Å²) in [5.41, 5.74) is 2.72. The van der Waals surface area contributed by atoms with E-state index in [1.54, 1.807) is 7.11 Å². The highest BCUT2D eigenvalue weighted by atomic mass is 32.1. The van der Waals surface area contributed by atoms with Gasteiger partial charge in [-0.2, -0.15) is 5.10 Å². The topological polar surface area (TPSA) is 68.2 Å². The average Bonchev–Trinajstić information content (AvgIpc) is 3.48. The van der Waals surface area contributed by atoms with Gasteiger partial charge in [0, 0.05) is 11.3 Å². The molecule has 2 aromatic carbocycles. The highest BCUT2D eigenvalue weighted by Crippen LogP contribution is 2.33. The zero-order valence-electron chi connectivity index (χ0n) is 17.1. The molecule has 3 aromatic rings. The first-order chi connectivity index (χ1) is 15.1. The molecule has 1 amide bonds. The number of rotatable bonds is 7. The molecule has 0 spiro atoms. The second kappa shape index (κ2) is 9.57. The Hall–Kier alpha value is -3.45. The lowest BCUT2D eigenvalue weighted by Crippen LogP contribution is -2.31. The van der Waals surface area contributed by atoms with Crippen molar-refractivity contribution in [3.8, 4) is 5.75 Å². The van der Waals surface area contributed by atoms with Crippen molar-refractivity contribution in [1.29, 1.82) is 0 Å². The van der Waals surface area contributed by atoms with Crippen LogP contribution in [0.1, 0.15) is 28.5 Å². The van der Waals surface area contributed by atoms with Crippen LogP contribution in [-0.4, -0.2) is 36.3 Å². The lowest BCUT2D eigenvalue weighted by molar-refractivity contribution is -0.152. The first kappa shape index (κ1) is 20.8. The molecule has 0 saturated heterocycles. The van der Waals surface area contributed by atoms with Crippen LogP contribution in [0.4, 0.5) is 0 Å². The number of carbonyl (C=O) groups excluding carboxylic acids is 2. The molecule has 1 aliphatic rings. The summed E-state index contributed by atoms with van der Waals surface area (Å²) >= 11 is 1.48. The number of carbonyl (C=O) groups is 2. The first-order valence-corrected chi connectivity index (χ1v) is 10.8. The Labute approximate surface area is 184 Å². The molecule has 2 heterocycles. The molecule has 1 aliphatic heterocycles. The minimum absolute atomic E-state index is 0.158. The number of ether oxygens (including phenoxy) is 2. The number of thiophene rings is 1. The molecular formula is C24H22N2O4S. The predicted octanol–water partition coefficient (Wildman–Crippen LogP) is 4.22. The zero-order chi connectivity index (χ0) is 21.6. The molecule has 31 heavy (non-hydrogen) atoms. The molecule has 0 radical (unpaired) electrons. The number of methoxy groups -OCH3 is 1. The zero-order valence-corrected chi connectivity index (χ0v) is 17.9. The third-order valence-corrected chi connectivity index (χ3v) is 5.91. The van der Waals surface area contributed by atoms with Crippen LogP contribution in [0, 0.1) is 0 Å². The molecule has 158 valence electrons. The maximum absolute atomic E-state index is 13.0. The molecule has 7 heteroatoms. The summed E-state index contributed by atoms with van der Waals surface area (Å²) in [5.74, 6) is -0.0409. The molecule has 0 unspecified atom stereocenters. The SMILES string of the molecule is COc1ccc([C@@H]2CC(c3ccccc3)=NN2C(=O)COC(=O)Cc2cccs2)cc1. The molecular weight excluding hydrogens is 412 g/mol. The average molecular weight is 435 g/mol. The summed E-state index contributed by atoms with van der Waals surface area (Å²) in [4.78, 5) is 26.0. The molecule has 6 nitrogen and oxygen atoms in total. The minimum Gasteiger partial charge on any atom is -0.497 e. The fraction of sp³-hybridized carbons (Fsp3) is 0.208. The molecule has 1 aromatic heterocycles. The summed E-state index contributed by atoms with van der Waals surface area (Å²) in [6, 6.07) is 20.8. The second-order valence-corrected chi connectivity index (χ2v) is 8.09. The Morgan fingerprint density at radius 2 is 1.84 bits per heavy atom. The Balaban J connectivity index is 1.50. The van der Waals surface area contributed by atoms with E-state index in [1.807, 2.05) is 72.1 Å². The minimum atomic E-state index is -0.428. The van der Waals surface area contributed by atoms with Gasteiger partial charge in [0.25, 0.3) is 5.91 Å². The van der Waals surface area contributed by atoms with Crippen molar-refractivity contribution in [1.82, 2.24) is 5.01 Å². The lowest BCUT2D eigenvalue weighted by Gasteiger charge is -2.22. The third kappa shape index (κ3) is 5.00. The van der Waals surface area contributed by atoms with Gasteiger partial charge in [-0.25, -0.2) is 5.01 Å². The second-order valence-electron chi connectivity index (χ2n) is 7.06. The van der Waals surface area contributed by atoms with Crippen LogP contribution in [0.25, 0.3) is 0 Å². The third-order valence-electron chi connectivity index (χ3n) is 5.03. The summed E-state index contributed by atoms with van der Waals surface area (Å²) < 4.78 is 10.5. The lowest BCUT2D eigenvalue weighted by atomic mass is 9.98. The van der Waals surface area contributed by atoms with E-state index in [4.69, 9.17) is 9.47 Å². The fourth-order valence-corrected chi connectivity index (χ4v) is 4.14. The van der Waals surface area contributed by atoms with Gasteiger partial charge in [-0.05, 0) is 34.7 Å². The highest BCUT2D eigenvalue weighted by Gasteiger charge is 2.33. The maximum atomic E-state index is 13.0. The van der Waals surface area contributed by atoms with Crippen LogP contribution >= 0.6 is 11.3 Å². The molecule has 0 N–H and O–H groups in total. The molecule has 4 rings (SSSR count). The van der Waals surface area contributed by atoms with Crippen molar-refractivity contribution < 1.29 is 19.1 Å². The number of benzene rings is 2. The Kier molecular flexibility index (Phi) is 6.43. The molecule has 1 atom stereocenters. The number of hydrogen-bond donors (Lipinski definition) is 0. The van der Waals surface area contributed by atoms with Crippen LogP contribution in [0.2, 0.25) is 0 Å². The van der Waals surface area contributed by atoms with Gasteiger partial charge in [-0.3, -0.25) is 9.59 Å². The largest absolute Gasteiger partial charge is 0.497 e. The summed E-state index contributed by atoms with van der Waals surface area (Å²) in [6.07, 6.45) is 0.733. The molecule has 0 saturated carbocycles. The van der Waals surface area contributed by atoms with Crippen molar-refractivity contribution in [2.75, 3.05) is 13.7 Å². The molecule has 0 aliphatic carbocycles. The van der Waals surface area contributed by atoms with Crippen LogP contribution in [0.15, 0.2) is 77.2 Å². The number of esters is 1. The quantitative estimate of drug-likeness (QED) is 0.522. The van der Waals surface area contributed by atoms with E-state index in [2.05, 4.69) is 5.10 Å². The summed E-state index contributed by atoms with van der Waals surface area (Å²) in [5, 5.41) is 7.93. The van der Waals surface area contributed by atoms with Crippen LogP contribution in [0.3, 0.4) is 0 Å². The van der Waals surface area contributed by atoms with Crippen molar-refractivity contribution in [3.63, 3.8) is 0 Å². The smallest absolute Gasteiger partial charge is 0.311 e. The van der Waals surface area contributed by atoms with Crippen LogP contribution in [0.5, 0.6) is 5.75 Å². The predicted molar refractivity (Wildman–Crippen MR) is 119 cm³/mol. The summed E-state index contributed by atoms with van der Waals surface area (Å²) in [6.45, 7) is -0.345. The highest BCUT2D eigenvalue weighted by molar-refractivity contribution is 7.10. The van der Waals surface area contributed by atoms with Crippen LogP contribution < -0.4 is 4.74 Å². The number of amides is 1. The molecule has 0 bridgehead atoms. The standard InChI is InChI=1S/C24H22N2O4S/c1-29-19-11-9-18(10-12-19)22-15-21(17-6-3-2-4-7-17)25-26(22)23(27)16-30-24(28)14-20-8-5-13-31-20/h2-13,22H,14-16H2,1H3/t22-/m0/s1. The van der Waals surface area contributed by atoms with Crippen molar-refractivity contribution in [2.24, 2.45) is 5.10 Å². The van der Waals surface area contributed by atoms with Gasteiger partial charge >= 0.3 is 5.97 Å². The number of hydrazone groups is 1. The Bertz CT molecular complexity index is 1060.